The second-order valence-electron chi connectivity index (χ2n) is 9.07. The third-order valence-corrected chi connectivity index (χ3v) is 7.80. The topological polar surface area (TPSA) is 34.1 Å². The number of carbonyl (C=O) groups is 2. The summed E-state index contributed by atoms with van der Waals surface area (Å²) in [6, 6.07) is 0. The SMILES string of the molecule is CC1CC[C@@]2(C)CC(=O)[C@H]3[C@@H](CCC4=CC(=O)CC[C@@]43C)[C@H]12. The summed E-state index contributed by atoms with van der Waals surface area (Å²) in [6.07, 6.45) is 8.86. The second kappa shape index (κ2) is 4.55. The number of Topliss-reactive ketones (excluding diaryl/α,β-unsaturated/α-hetero) is 1. The van der Waals surface area contributed by atoms with E-state index in [1.807, 2.05) is 6.08 Å². The number of rotatable bonds is 0. The van der Waals surface area contributed by atoms with Crippen molar-refractivity contribution in [1.82, 2.24) is 0 Å². The minimum absolute atomic E-state index is 0.0302. The highest BCUT2D eigenvalue weighted by Gasteiger charge is 2.61. The van der Waals surface area contributed by atoms with Crippen LogP contribution in [0.25, 0.3) is 0 Å². The molecule has 0 aromatic heterocycles. The largest absolute Gasteiger partial charge is 0.299 e. The van der Waals surface area contributed by atoms with Gasteiger partial charge in [0.05, 0.1) is 0 Å². The third-order valence-electron chi connectivity index (χ3n) is 7.80. The minimum atomic E-state index is -0.0302. The molecule has 0 spiro atoms. The fourth-order valence-corrected chi connectivity index (χ4v) is 6.87. The normalized spacial score (nSPS) is 51.0. The molecular weight excluding hydrogens is 272 g/mol. The zero-order valence-electron chi connectivity index (χ0n) is 14.2. The molecule has 6 atom stereocenters. The Labute approximate surface area is 133 Å². The predicted molar refractivity (Wildman–Crippen MR) is 86.3 cm³/mol. The Hall–Kier alpha value is -0.920. The first-order valence-corrected chi connectivity index (χ1v) is 9.12. The van der Waals surface area contributed by atoms with E-state index in [-0.39, 0.29) is 22.5 Å². The van der Waals surface area contributed by atoms with E-state index in [0.29, 0.717) is 24.0 Å². The van der Waals surface area contributed by atoms with Crippen LogP contribution in [0.2, 0.25) is 0 Å². The Morgan fingerprint density at radius 2 is 1.86 bits per heavy atom. The van der Waals surface area contributed by atoms with Gasteiger partial charge in [0.25, 0.3) is 0 Å². The average Bonchev–Trinajstić information content (AvgIpc) is 2.74. The highest BCUT2D eigenvalue weighted by Crippen LogP contribution is 2.65. The van der Waals surface area contributed by atoms with Gasteiger partial charge in [-0.05, 0) is 66.8 Å². The standard InChI is InChI=1S/C20H28O2/c1-12-6-8-19(2)11-16(22)18-15(17(12)19)5-4-13-10-14(21)7-9-20(13,18)3/h10,12,15,17-18H,4-9,11H2,1-3H3/t12?,15-,17-,18+,19-,20-/m0/s1. The van der Waals surface area contributed by atoms with Gasteiger partial charge in [0.15, 0.2) is 5.78 Å². The number of hydrogen-bond acceptors (Lipinski definition) is 2. The summed E-state index contributed by atoms with van der Waals surface area (Å²) < 4.78 is 0. The molecule has 4 rings (SSSR count). The van der Waals surface area contributed by atoms with Crippen molar-refractivity contribution in [3.05, 3.63) is 11.6 Å². The molecule has 0 amide bonds. The van der Waals surface area contributed by atoms with E-state index in [0.717, 1.165) is 31.6 Å². The molecule has 3 fully saturated rings. The van der Waals surface area contributed by atoms with Crippen LogP contribution in [0.5, 0.6) is 0 Å². The van der Waals surface area contributed by atoms with Crippen molar-refractivity contribution in [3.8, 4) is 0 Å². The summed E-state index contributed by atoms with van der Waals surface area (Å²) in [5, 5.41) is 0. The second-order valence-corrected chi connectivity index (χ2v) is 9.07. The zero-order chi connectivity index (χ0) is 15.7. The summed E-state index contributed by atoms with van der Waals surface area (Å²) in [5.41, 5.74) is 1.50. The predicted octanol–water partition coefficient (Wildman–Crippen LogP) is 4.33. The summed E-state index contributed by atoms with van der Waals surface area (Å²) in [5.74, 6) is 2.98. The Morgan fingerprint density at radius 3 is 2.64 bits per heavy atom. The molecule has 0 saturated heterocycles. The molecule has 0 aliphatic heterocycles. The fourth-order valence-electron chi connectivity index (χ4n) is 6.87. The highest BCUT2D eigenvalue weighted by molar-refractivity contribution is 5.93. The van der Waals surface area contributed by atoms with Crippen molar-refractivity contribution in [2.75, 3.05) is 0 Å². The molecule has 4 aliphatic rings. The van der Waals surface area contributed by atoms with E-state index in [1.165, 1.54) is 18.4 Å². The van der Waals surface area contributed by atoms with E-state index >= 15 is 0 Å². The Balaban J connectivity index is 1.77. The van der Waals surface area contributed by atoms with E-state index in [4.69, 9.17) is 0 Å². The van der Waals surface area contributed by atoms with Crippen LogP contribution >= 0.6 is 0 Å². The minimum Gasteiger partial charge on any atom is -0.299 e. The van der Waals surface area contributed by atoms with Gasteiger partial charge >= 0.3 is 0 Å². The molecule has 120 valence electrons. The Kier molecular flexibility index (Phi) is 3.03. The van der Waals surface area contributed by atoms with Gasteiger partial charge in [0.2, 0.25) is 0 Å². The molecule has 0 radical (unpaired) electrons. The summed E-state index contributed by atoms with van der Waals surface area (Å²) in [6.45, 7) is 7.05. The van der Waals surface area contributed by atoms with E-state index in [9.17, 15) is 9.59 Å². The van der Waals surface area contributed by atoms with Gasteiger partial charge in [-0.25, -0.2) is 0 Å². The van der Waals surface area contributed by atoms with Gasteiger partial charge in [-0.15, -0.1) is 0 Å². The van der Waals surface area contributed by atoms with Crippen molar-refractivity contribution >= 4 is 11.6 Å². The smallest absolute Gasteiger partial charge is 0.155 e. The molecule has 0 aromatic carbocycles. The van der Waals surface area contributed by atoms with Crippen LogP contribution in [0.15, 0.2) is 11.6 Å². The monoisotopic (exact) mass is 300 g/mol. The maximum atomic E-state index is 13.1. The summed E-state index contributed by atoms with van der Waals surface area (Å²) in [4.78, 5) is 24.9. The highest BCUT2D eigenvalue weighted by atomic mass is 16.1. The van der Waals surface area contributed by atoms with E-state index in [2.05, 4.69) is 20.8 Å². The van der Waals surface area contributed by atoms with E-state index < -0.39 is 0 Å². The lowest BCUT2D eigenvalue weighted by molar-refractivity contribution is -0.145. The number of fused-ring (bicyclic) bond motifs is 5. The maximum absolute atomic E-state index is 13.1. The molecule has 22 heavy (non-hydrogen) atoms. The lowest BCUT2D eigenvalue weighted by Crippen LogP contribution is -2.54. The van der Waals surface area contributed by atoms with Gasteiger partial charge < -0.3 is 0 Å². The lowest BCUT2D eigenvalue weighted by Gasteiger charge is -2.56. The first kappa shape index (κ1) is 14.7. The van der Waals surface area contributed by atoms with Crippen LogP contribution in [-0.2, 0) is 9.59 Å². The molecule has 0 N–H and O–H groups in total. The molecular formula is C20H28O2. The van der Waals surface area contributed by atoms with Crippen LogP contribution in [0, 0.1) is 34.5 Å². The fraction of sp³-hybridized carbons (Fsp3) is 0.800. The number of carbonyl (C=O) groups excluding carboxylic acids is 2. The van der Waals surface area contributed by atoms with Gasteiger partial charge in [-0.3, -0.25) is 9.59 Å². The van der Waals surface area contributed by atoms with Gasteiger partial charge in [0.1, 0.15) is 5.78 Å². The molecule has 2 nitrogen and oxygen atoms in total. The maximum Gasteiger partial charge on any atom is 0.155 e. The molecule has 1 unspecified atom stereocenters. The lowest BCUT2D eigenvalue weighted by atomic mass is 9.46. The molecule has 2 heteroatoms. The van der Waals surface area contributed by atoms with Crippen molar-refractivity contribution in [2.45, 2.75) is 65.7 Å². The van der Waals surface area contributed by atoms with Crippen molar-refractivity contribution in [3.63, 3.8) is 0 Å². The van der Waals surface area contributed by atoms with Crippen molar-refractivity contribution in [1.29, 1.82) is 0 Å². The van der Waals surface area contributed by atoms with Crippen LogP contribution in [0.4, 0.5) is 0 Å². The van der Waals surface area contributed by atoms with Gasteiger partial charge in [-0.2, -0.15) is 0 Å². The summed E-state index contributed by atoms with van der Waals surface area (Å²) >= 11 is 0. The Morgan fingerprint density at radius 1 is 1.09 bits per heavy atom. The molecule has 3 saturated carbocycles. The number of allylic oxidation sites excluding steroid dienone is 1. The number of ketones is 2. The van der Waals surface area contributed by atoms with Crippen LogP contribution in [0.3, 0.4) is 0 Å². The van der Waals surface area contributed by atoms with Crippen molar-refractivity contribution < 1.29 is 9.59 Å². The summed E-state index contributed by atoms with van der Waals surface area (Å²) in [7, 11) is 0. The zero-order valence-corrected chi connectivity index (χ0v) is 14.2. The Bertz CT molecular complexity index is 574. The van der Waals surface area contributed by atoms with Crippen LogP contribution in [-0.4, -0.2) is 11.6 Å². The van der Waals surface area contributed by atoms with Crippen LogP contribution < -0.4 is 0 Å². The first-order chi connectivity index (χ1) is 10.3. The van der Waals surface area contributed by atoms with Crippen LogP contribution in [0.1, 0.15) is 65.7 Å². The van der Waals surface area contributed by atoms with Gasteiger partial charge in [0, 0.05) is 18.8 Å². The van der Waals surface area contributed by atoms with E-state index in [1.54, 1.807) is 0 Å². The van der Waals surface area contributed by atoms with Gasteiger partial charge in [-0.1, -0.05) is 26.3 Å². The molecule has 4 aliphatic carbocycles. The average molecular weight is 300 g/mol. The molecule has 0 bridgehead atoms. The quantitative estimate of drug-likeness (QED) is 0.667. The number of hydrogen-bond donors (Lipinski definition) is 0. The molecule has 0 heterocycles. The third kappa shape index (κ3) is 1.79. The molecule has 0 aromatic rings. The van der Waals surface area contributed by atoms with Crippen molar-refractivity contribution in [2.24, 2.45) is 34.5 Å². The first-order valence-electron chi connectivity index (χ1n) is 9.12.